The van der Waals surface area contributed by atoms with Gasteiger partial charge >= 0.3 is 0 Å². The van der Waals surface area contributed by atoms with Gasteiger partial charge in [0.1, 0.15) is 5.75 Å². The third-order valence-electron chi connectivity index (χ3n) is 4.17. The molecule has 0 aliphatic carbocycles. The predicted molar refractivity (Wildman–Crippen MR) is 83.8 cm³/mol. The maximum absolute atomic E-state index is 5.49. The van der Waals surface area contributed by atoms with Gasteiger partial charge in [0.25, 0.3) is 0 Å². The number of ether oxygens (including phenoxy) is 1. The third-order valence-corrected chi connectivity index (χ3v) is 4.17. The van der Waals surface area contributed by atoms with Crippen molar-refractivity contribution in [2.75, 3.05) is 13.7 Å². The lowest BCUT2D eigenvalue weighted by molar-refractivity contribution is 0.201. The summed E-state index contributed by atoms with van der Waals surface area (Å²) in [4.78, 5) is 6.99. The Kier molecular flexibility index (Phi) is 4.43. The summed E-state index contributed by atoms with van der Waals surface area (Å²) in [5, 5.41) is 4.10. The largest absolute Gasteiger partial charge is 0.497 e. The van der Waals surface area contributed by atoms with Gasteiger partial charge in [0, 0.05) is 12.5 Å². The third kappa shape index (κ3) is 3.14. The second-order valence-corrected chi connectivity index (χ2v) is 6.12. The van der Waals surface area contributed by atoms with E-state index >= 15 is 0 Å². The van der Waals surface area contributed by atoms with Crippen LogP contribution in [0.15, 0.2) is 28.8 Å². The first kappa shape index (κ1) is 15.0. The average Bonchev–Trinajstić information content (AvgIpc) is 3.16. The number of hydrogen-bond donors (Lipinski definition) is 0. The Balaban J connectivity index is 1.71. The van der Waals surface area contributed by atoms with E-state index in [4.69, 9.17) is 9.26 Å². The Bertz CT molecular complexity index is 607. The molecule has 1 atom stereocenters. The molecule has 0 N–H and O–H groups in total. The lowest BCUT2D eigenvalue weighted by atomic mass is 10.1. The van der Waals surface area contributed by atoms with E-state index in [0.717, 1.165) is 37.0 Å². The standard InChI is InChI=1S/C17H23N3O2/c1-12(2)16-18-17(22-19-16)15-5-4-10-20(15)11-13-6-8-14(21-3)9-7-13/h6-9,12,15H,4-5,10-11H2,1-3H3/t15-/m0/s1. The second-order valence-electron chi connectivity index (χ2n) is 6.12. The molecule has 0 unspecified atom stereocenters. The monoisotopic (exact) mass is 301 g/mol. The van der Waals surface area contributed by atoms with Crippen LogP contribution in [0.4, 0.5) is 0 Å². The van der Waals surface area contributed by atoms with Crippen molar-refractivity contribution in [2.45, 2.75) is 45.2 Å². The van der Waals surface area contributed by atoms with Gasteiger partial charge in [0.2, 0.25) is 5.89 Å². The van der Waals surface area contributed by atoms with Crippen LogP contribution >= 0.6 is 0 Å². The van der Waals surface area contributed by atoms with Gasteiger partial charge in [-0.1, -0.05) is 31.1 Å². The van der Waals surface area contributed by atoms with Crippen molar-refractivity contribution in [3.05, 3.63) is 41.5 Å². The van der Waals surface area contributed by atoms with E-state index in [1.807, 2.05) is 12.1 Å². The molecule has 5 nitrogen and oxygen atoms in total. The van der Waals surface area contributed by atoms with Crippen molar-refractivity contribution in [3.8, 4) is 5.75 Å². The smallest absolute Gasteiger partial charge is 0.244 e. The maximum atomic E-state index is 5.49. The highest BCUT2D eigenvalue weighted by Crippen LogP contribution is 2.32. The summed E-state index contributed by atoms with van der Waals surface area (Å²) in [5.74, 6) is 2.75. The van der Waals surface area contributed by atoms with E-state index in [2.05, 4.69) is 41.0 Å². The summed E-state index contributed by atoms with van der Waals surface area (Å²) < 4.78 is 10.7. The van der Waals surface area contributed by atoms with E-state index in [0.29, 0.717) is 5.92 Å². The lowest BCUT2D eigenvalue weighted by Gasteiger charge is -2.21. The van der Waals surface area contributed by atoms with E-state index < -0.39 is 0 Å². The Morgan fingerprint density at radius 2 is 2.09 bits per heavy atom. The fraction of sp³-hybridized carbons (Fsp3) is 0.529. The predicted octanol–water partition coefficient (Wildman–Crippen LogP) is 3.54. The second kappa shape index (κ2) is 6.48. The fourth-order valence-electron chi connectivity index (χ4n) is 2.88. The molecule has 0 amide bonds. The summed E-state index contributed by atoms with van der Waals surface area (Å²) >= 11 is 0. The zero-order chi connectivity index (χ0) is 15.5. The van der Waals surface area contributed by atoms with Crippen LogP contribution in [0.25, 0.3) is 0 Å². The van der Waals surface area contributed by atoms with Crippen molar-refractivity contribution in [2.24, 2.45) is 0 Å². The SMILES string of the molecule is COc1ccc(CN2CCC[C@H]2c2nc(C(C)C)no2)cc1. The minimum Gasteiger partial charge on any atom is -0.497 e. The number of rotatable bonds is 5. The first-order chi connectivity index (χ1) is 10.7. The minimum atomic E-state index is 0.238. The Morgan fingerprint density at radius 3 is 2.73 bits per heavy atom. The van der Waals surface area contributed by atoms with Crippen LogP contribution in [0.3, 0.4) is 0 Å². The van der Waals surface area contributed by atoms with Crippen LogP contribution in [-0.4, -0.2) is 28.7 Å². The van der Waals surface area contributed by atoms with Crippen LogP contribution in [0.5, 0.6) is 5.75 Å². The van der Waals surface area contributed by atoms with Crippen molar-refractivity contribution in [3.63, 3.8) is 0 Å². The molecule has 0 saturated carbocycles. The van der Waals surface area contributed by atoms with Crippen molar-refractivity contribution < 1.29 is 9.26 Å². The van der Waals surface area contributed by atoms with Gasteiger partial charge in [0.15, 0.2) is 5.82 Å². The van der Waals surface area contributed by atoms with Crippen LogP contribution in [0.1, 0.15) is 55.9 Å². The molecule has 0 spiro atoms. The van der Waals surface area contributed by atoms with Crippen LogP contribution < -0.4 is 4.74 Å². The molecule has 3 rings (SSSR count). The highest BCUT2D eigenvalue weighted by Gasteiger charge is 2.30. The number of likely N-dealkylation sites (tertiary alicyclic amines) is 1. The van der Waals surface area contributed by atoms with Crippen LogP contribution in [-0.2, 0) is 6.54 Å². The molecule has 1 aliphatic heterocycles. The van der Waals surface area contributed by atoms with Crippen molar-refractivity contribution >= 4 is 0 Å². The van der Waals surface area contributed by atoms with Gasteiger partial charge in [-0.25, -0.2) is 0 Å². The fourth-order valence-corrected chi connectivity index (χ4v) is 2.88. The first-order valence-electron chi connectivity index (χ1n) is 7.88. The number of hydrogen-bond acceptors (Lipinski definition) is 5. The van der Waals surface area contributed by atoms with Gasteiger partial charge in [-0.2, -0.15) is 4.98 Å². The topological polar surface area (TPSA) is 51.4 Å². The van der Waals surface area contributed by atoms with Gasteiger partial charge < -0.3 is 9.26 Å². The molecule has 1 aromatic carbocycles. The molecule has 0 radical (unpaired) electrons. The Labute approximate surface area is 131 Å². The summed E-state index contributed by atoms with van der Waals surface area (Å²) in [5.41, 5.74) is 1.27. The quantitative estimate of drug-likeness (QED) is 0.845. The molecule has 1 fully saturated rings. The minimum absolute atomic E-state index is 0.238. The number of aromatic nitrogens is 2. The maximum Gasteiger partial charge on any atom is 0.244 e. The Hall–Kier alpha value is -1.88. The summed E-state index contributed by atoms with van der Waals surface area (Å²) in [6.07, 6.45) is 2.25. The van der Waals surface area contributed by atoms with E-state index in [1.165, 1.54) is 12.0 Å². The molecule has 1 aromatic heterocycles. The summed E-state index contributed by atoms with van der Waals surface area (Å²) in [7, 11) is 1.69. The van der Waals surface area contributed by atoms with Crippen molar-refractivity contribution in [1.29, 1.82) is 0 Å². The van der Waals surface area contributed by atoms with Gasteiger partial charge in [0.05, 0.1) is 13.2 Å². The van der Waals surface area contributed by atoms with Gasteiger partial charge in [-0.15, -0.1) is 0 Å². The first-order valence-corrected chi connectivity index (χ1v) is 7.88. The zero-order valence-corrected chi connectivity index (χ0v) is 13.5. The molecule has 2 heterocycles. The molecular weight excluding hydrogens is 278 g/mol. The summed E-state index contributed by atoms with van der Waals surface area (Å²) in [6.45, 7) is 6.13. The highest BCUT2D eigenvalue weighted by atomic mass is 16.5. The molecule has 1 aliphatic rings. The number of nitrogens with zero attached hydrogens (tertiary/aromatic N) is 3. The lowest BCUT2D eigenvalue weighted by Crippen LogP contribution is -2.23. The molecule has 1 saturated heterocycles. The molecule has 2 aromatic rings. The molecule has 0 bridgehead atoms. The van der Waals surface area contributed by atoms with Crippen LogP contribution in [0, 0.1) is 0 Å². The zero-order valence-electron chi connectivity index (χ0n) is 13.5. The van der Waals surface area contributed by atoms with E-state index in [-0.39, 0.29) is 6.04 Å². The number of benzene rings is 1. The summed E-state index contributed by atoms with van der Waals surface area (Å²) in [6, 6.07) is 8.47. The molecule has 118 valence electrons. The Morgan fingerprint density at radius 1 is 1.32 bits per heavy atom. The molecule has 22 heavy (non-hydrogen) atoms. The normalized spacial score (nSPS) is 19.0. The highest BCUT2D eigenvalue weighted by molar-refractivity contribution is 5.27. The molecule has 5 heteroatoms. The van der Waals surface area contributed by atoms with E-state index in [1.54, 1.807) is 7.11 Å². The van der Waals surface area contributed by atoms with Gasteiger partial charge in [-0.3, -0.25) is 4.90 Å². The number of methoxy groups -OCH3 is 1. The van der Waals surface area contributed by atoms with Crippen molar-refractivity contribution in [1.82, 2.24) is 15.0 Å². The average molecular weight is 301 g/mol. The van der Waals surface area contributed by atoms with Gasteiger partial charge in [-0.05, 0) is 37.1 Å². The van der Waals surface area contributed by atoms with E-state index in [9.17, 15) is 0 Å². The molecular formula is C17H23N3O2. The van der Waals surface area contributed by atoms with Crippen LogP contribution in [0.2, 0.25) is 0 Å².